The molecular weight excluding hydrogens is 394 g/mol. The van der Waals surface area contributed by atoms with Crippen molar-refractivity contribution in [2.75, 3.05) is 25.4 Å². The molecule has 1 aromatic heterocycles. The molecule has 0 N–H and O–H groups in total. The summed E-state index contributed by atoms with van der Waals surface area (Å²) in [6, 6.07) is 9.50. The smallest absolute Gasteiger partial charge is 0.316 e. The SMILES string of the molecule is O=C([C@H]1Cc2ccccc2O1)N1CC2(C1)[C@H](COc1ncccn1)CCS2(=O)=O. The Balaban J connectivity index is 1.26. The summed E-state index contributed by atoms with van der Waals surface area (Å²) in [5.41, 5.74) is 1.00. The van der Waals surface area contributed by atoms with E-state index < -0.39 is 20.7 Å². The van der Waals surface area contributed by atoms with Crippen LogP contribution in [0.3, 0.4) is 0 Å². The first-order valence-corrected chi connectivity index (χ1v) is 11.3. The van der Waals surface area contributed by atoms with Gasteiger partial charge in [-0.25, -0.2) is 18.4 Å². The minimum atomic E-state index is -3.30. The minimum Gasteiger partial charge on any atom is -0.480 e. The van der Waals surface area contributed by atoms with E-state index in [1.54, 1.807) is 23.4 Å². The average Bonchev–Trinajstić information content (AvgIpc) is 3.24. The van der Waals surface area contributed by atoms with Gasteiger partial charge in [-0.3, -0.25) is 4.79 Å². The highest BCUT2D eigenvalue weighted by molar-refractivity contribution is 7.93. The molecule has 4 heterocycles. The highest BCUT2D eigenvalue weighted by Gasteiger charge is 2.63. The average molecular weight is 415 g/mol. The molecule has 1 aromatic carbocycles. The number of carbonyl (C=O) groups excluding carboxylic acids is 1. The third kappa shape index (κ3) is 2.95. The number of aromatic nitrogens is 2. The van der Waals surface area contributed by atoms with Crippen LogP contribution in [0.15, 0.2) is 42.7 Å². The molecule has 2 fully saturated rings. The predicted octanol–water partition coefficient (Wildman–Crippen LogP) is 0.875. The summed E-state index contributed by atoms with van der Waals surface area (Å²) in [4.78, 5) is 22.5. The van der Waals surface area contributed by atoms with Gasteiger partial charge in [0.15, 0.2) is 15.9 Å². The number of hydrogen-bond acceptors (Lipinski definition) is 7. The Kier molecular flexibility index (Phi) is 4.23. The normalized spacial score (nSPS) is 25.9. The van der Waals surface area contributed by atoms with Crippen LogP contribution in [-0.2, 0) is 21.1 Å². The number of carbonyl (C=O) groups is 1. The molecular formula is C20H21N3O5S. The lowest BCUT2D eigenvalue weighted by Gasteiger charge is -2.50. The Morgan fingerprint density at radius 2 is 1.97 bits per heavy atom. The van der Waals surface area contributed by atoms with E-state index in [-0.39, 0.29) is 43.3 Å². The van der Waals surface area contributed by atoms with Crippen molar-refractivity contribution in [3.05, 3.63) is 48.3 Å². The fourth-order valence-electron chi connectivity index (χ4n) is 4.52. The fourth-order valence-corrected chi connectivity index (χ4v) is 6.92. The first-order valence-electron chi connectivity index (χ1n) is 9.64. The maximum atomic E-state index is 12.9. The second-order valence-electron chi connectivity index (χ2n) is 7.82. The molecule has 3 aliphatic heterocycles. The van der Waals surface area contributed by atoms with Gasteiger partial charge in [0.25, 0.3) is 5.91 Å². The number of sulfone groups is 1. The Morgan fingerprint density at radius 1 is 1.21 bits per heavy atom. The van der Waals surface area contributed by atoms with Crippen molar-refractivity contribution in [3.8, 4) is 11.8 Å². The van der Waals surface area contributed by atoms with Crippen molar-refractivity contribution in [1.29, 1.82) is 0 Å². The maximum Gasteiger partial charge on any atom is 0.316 e. The molecule has 2 atom stereocenters. The van der Waals surface area contributed by atoms with Crippen LogP contribution in [0.1, 0.15) is 12.0 Å². The van der Waals surface area contributed by atoms with Crippen LogP contribution in [0.4, 0.5) is 0 Å². The van der Waals surface area contributed by atoms with Crippen molar-refractivity contribution in [2.24, 2.45) is 5.92 Å². The van der Waals surface area contributed by atoms with Crippen LogP contribution < -0.4 is 9.47 Å². The highest BCUT2D eigenvalue weighted by Crippen LogP contribution is 2.45. The van der Waals surface area contributed by atoms with Gasteiger partial charge in [-0.05, 0) is 24.1 Å². The number of likely N-dealkylation sites (tertiary alicyclic amines) is 1. The van der Waals surface area contributed by atoms with E-state index in [0.29, 0.717) is 12.8 Å². The van der Waals surface area contributed by atoms with E-state index in [2.05, 4.69) is 9.97 Å². The number of ether oxygens (including phenoxy) is 2. The van der Waals surface area contributed by atoms with Crippen LogP contribution in [0.25, 0.3) is 0 Å². The molecule has 1 spiro atoms. The Bertz CT molecular complexity index is 1010. The monoisotopic (exact) mass is 415 g/mol. The third-order valence-electron chi connectivity index (χ3n) is 6.21. The third-order valence-corrected chi connectivity index (χ3v) is 8.81. The van der Waals surface area contributed by atoms with Gasteiger partial charge >= 0.3 is 6.01 Å². The molecule has 3 aliphatic rings. The molecule has 152 valence electrons. The van der Waals surface area contributed by atoms with Gasteiger partial charge < -0.3 is 14.4 Å². The summed E-state index contributed by atoms with van der Waals surface area (Å²) in [6.07, 6.45) is 3.60. The van der Waals surface area contributed by atoms with Crippen LogP contribution in [0.5, 0.6) is 11.8 Å². The van der Waals surface area contributed by atoms with Crippen molar-refractivity contribution >= 4 is 15.7 Å². The number of hydrogen-bond donors (Lipinski definition) is 0. The Morgan fingerprint density at radius 3 is 2.72 bits per heavy atom. The van der Waals surface area contributed by atoms with Crippen LogP contribution in [0, 0.1) is 5.92 Å². The zero-order chi connectivity index (χ0) is 20.1. The lowest BCUT2D eigenvalue weighted by atomic mass is 9.83. The fraction of sp³-hybridized carbons (Fsp3) is 0.450. The summed E-state index contributed by atoms with van der Waals surface area (Å²) in [7, 11) is -3.30. The van der Waals surface area contributed by atoms with E-state index in [0.717, 1.165) is 11.3 Å². The highest BCUT2D eigenvalue weighted by atomic mass is 32.2. The summed E-state index contributed by atoms with van der Waals surface area (Å²) in [5.74, 6) is 0.495. The standard InChI is InChI=1S/C20H21N3O5S/c24-18(17-10-14-4-1-2-5-16(14)28-17)23-12-20(13-23)15(6-9-29(20,25)26)11-27-19-21-7-3-8-22-19/h1-5,7-8,15,17H,6,9-13H2/t15-,17+/m0/s1. The van der Waals surface area contributed by atoms with E-state index in [9.17, 15) is 13.2 Å². The van der Waals surface area contributed by atoms with E-state index in [1.165, 1.54) is 0 Å². The molecule has 9 heteroatoms. The molecule has 1 amide bonds. The Hall–Kier alpha value is -2.68. The zero-order valence-electron chi connectivity index (χ0n) is 15.7. The molecule has 5 rings (SSSR count). The number of fused-ring (bicyclic) bond motifs is 1. The van der Waals surface area contributed by atoms with Crippen molar-refractivity contribution in [2.45, 2.75) is 23.7 Å². The predicted molar refractivity (Wildman–Crippen MR) is 103 cm³/mol. The second-order valence-corrected chi connectivity index (χ2v) is 10.3. The van der Waals surface area contributed by atoms with E-state index in [1.807, 2.05) is 24.3 Å². The van der Waals surface area contributed by atoms with Crippen LogP contribution in [-0.4, -0.2) is 65.5 Å². The van der Waals surface area contributed by atoms with Gasteiger partial charge in [0.05, 0.1) is 12.4 Å². The maximum absolute atomic E-state index is 12.9. The topological polar surface area (TPSA) is 98.7 Å². The molecule has 0 bridgehead atoms. The number of rotatable bonds is 4. The van der Waals surface area contributed by atoms with Gasteiger partial charge in [-0.15, -0.1) is 0 Å². The quantitative estimate of drug-likeness (QED) is 0.731. The molecule has 0 radical (unpaired) electrons. The van der Waals surface area contributed by atoms with Gasteiger partial charge in [0, 0.05) is 37.8 Å². The van der Waals surface area contributed by atoms with Crippen molar-refractivity contribution < 1.29 is 22.7 Å². The van der Waals surface area contributed by atoms with Gasteiger partial charge in [-0.2, -0.15) is 0 Å². The molecule has 29 heavy (non-hydrogen) atoms. The molecule has 0 unspecified atom stereocenters. The van der Waals surface area contributed by atoms with Crippen molar-refractivity contribution in [1.82, 2.24) is 14.9 Å². The van der Waals surface area contributed by atoms with Gasteiger partial charge in [0.1, 0.15) is 10.5 Å². The van der Waals surface area contributed by atoms with Crippen molar-refractivity contribution in [3.63, 3.8) is 0 Å². The lowest BCUT2D eigenvalue weighted by Crippen LogP contribution is -2.70. The summed E-state index contributed by atoms with van der Waals surface area (Å²) >= 11 is 0. The molecule has 0 saturated carbocycles. The van der Waals surface area contributed by atoms with E-state index in [4.69, 9.17) is 9.47 Å². The molecule has 2 saturated heterocycles. The number of para-hydroxylation sites is 1. The summed E-state index contributed by atoms with van der Waals surface area (Å²) in [6.45, 7) is 0.596. The van der Waals surface area contributed by atoms with Gasteiger partial charge in [-0.1, -0.05) is 18.2 Å². The summed E-state index contributed by atoms with van der Waals surface area (Å²) in [5, 5.41) is 0. The number of amides is 1. The Labute approximate surface area is 168 Å². The van der Waals surface area contributed by atoms with Gasteiger partial charge in [0.2, 0.25) is 0 Å². The molecule has 0 aliphatic carbocycles. The van der Waals surface area contributed by atoms with Crippen LogP contribution >= 0.6 is 0 Å². The summed E-state index contributed by atoms with van der Waals surface area (Å²) < 4.78 is 36.1. The first kappa shape index (κ1) is 18.4. The van der Waals surface area contributed by atoms with Crippen LogP contribution in [0.2, 0.25) is 0 Å². The zero-order valence-corrected chi connectivity index (χ0v) is 16.5. The molecule has 8 nitrogen and oxygen atoms in total. The lowest BCUT2D eigenvalue weighted by molar-refractivity contribution is -0.144. The largest absolute Gasteiger partial charge is 0.480 e. The van der Waals surface area contributed by atoms with E-state index >= 15 is 0 Å². The minimum absolute atomic E-state index is 0.115. The molecule has 2 aromatic rings. The number of nitrogens with zero attached hydrogens (tertiary/aromatic N) is 3. The second kappa shape index (κ2) is 6.69. The number of benzene rings is 1. The first-order chi connectivity index (χ1) is 14.0.